The highest BCUT2D eigenvalue weighted by Crippen LogP contribution is 2.30. The molecule has 2 rings (SSSR count). The number of thioether (sulfide) groups is 1. The quantitative estimate of drug-likeness (QED) is 0.176. The predicted octanol–water partition coefficient (Wildman–Crippen LogP) is 3.49. The summed E-state index contributed by atoms with van der Waals surface area (Å²) in [7, 11) is 0. The number of amides is 1. The Hall–Kier alpha value is -1.58. The molecule has 0 radical (unpaired) electrons. The Kier molecular flexibility index (Phi) is 10.8. The number of rotatable bonds is 12. The Bertz CT molecular complexity index is 908. The van der Waals surface area contributed by atoms with Crippen LogP contribution in [-0.2, 0) is 16.2 Å². The van der Waals surface area contributed by atoms with E-state index in [4.69, 9.17) is 14.8 Å². The predicted molar refractivity (Wildman–Crippen MR) is 120 cm³/mol. The van der Waals surface area contributed by atoms with Gasteiger partial charge in [-0.2, -0.15) is 17.2 Å². The van der Waals surface area contributed by atoms with Gasteiger partial charge in [0.25, 0.3) is 5.91 Å². The van der Waals surface area contributed by atoms with Crippen LogP contribution in [-0.4, -0.2) is 42.8 Å². The summed E-state index contributed by atoms with van der Waals surface area (Å²) >= 11 is 3.45. The second-order valence-corrected chi connectivity index (χ2v) is 8.23. The van der Waals surface area contributed by atoms with Crippen molar-refractivity contribution in [1.82, 2.24) is 11.0 Å². The van der Waals surface area contributed by atoms with Gasteiger partial charge in [-0.25, -0.2) is 18.7 Å². The molecule has 7 nitrogen and oxygen atoms in total. The number of carbonyl (C=O) groups is 1. The maximum absolute atomic E-state index is 14.9. The van der Waals surface area contributed by atoms with Gasteiger partial charge in [-0.1, -0.05) is 0 Å². The van der Waals surface area contributed by atoms with Crippen LogP contribution in [0.1, 0.15) is 15.9 Å². The van der Waals surface area contributed by atoms with Gasteiger partial charge in [0.1, 0.15) is 5.82 Å². The fourth-order valence-electron chi connectivity index (χ4n) is 2.38. The third kappa shape index (κ3) is 7.50. The Labute approximate surface area is 195 Å². The van der Waals surface area contributed by atoms with Crippen LogP contribution in [0.3, 0.4) is 0 Å². The minimum atomic E-state index is -1.37. The van der Waals surface area contributed by atoms with E-state index in [2.05, 4.69) is 10.8 Å². The molecular weight excluding hydrogens is 550 g/mol. The summed E-state index contributed by atoms with van der Waals surface area (Å²) in [5.41, 5.74) is 3.34. The monoisotopic (exact) mass is 571 g/mol. The highest BCUT2D eigenvalue weighted by molar-refractivity contribution is 14.1. The average Bonchev–Trinajstić information content (AvgIpc) is 2.74. The van der Waals surface area contributed by atoms with E-state index >= 15 is 0 Å². The molecule has 1 amide bonds. The molecule has 0 saturated carbocycles. The maximum atomic E-state index is 14.9. The minimum absolute atomic E-state index is 0.143. The fraction of sp³-hybridized carbons (Fsp3) is 0.316. The van der Waals surface area contributed by atoms with Crippen LogP contribution in [0.5, 0.6) is 0 Å². The van der Waals surface area contributed by atoms with Crippen LogP contribution in [0.2, 0.25) is 0 Å². The van der Waals surface area contributed by atoms with E-state index < -0.39 is 29.0 Å². The average molecular weight is 571 g/mol. The highest BCUT2D eigenvalue weighted by Gasteiger charge is 2.24. The van der Waals surface area contributed by atoms with Crippen LogP contribution >= 0.6 is 34.4 Å². The van der Waals surface area contributed by atoms with E-state index in [1.54, 1.807) is 17.8 Å². The van der Waals surface area contributed by atoms with Crippen molar-refractivity contribution >= 4 is 51.6 Å². The van der Waals surface area contributed by atoms with E-state index in [0.717, 1.165) is 6.07 Å². The molecule has 0 aromatic heterocycles. The molecule has 0 spiro atoms. The fourth-order valence-corrected chi connectivity index (χ4v) is 3.08. The van der Waals surface area contributed by atoms with Crippen LogP contribution in [0.4, 0.5) is 24.5 Å². The second-order valence-electron chi connectivity index (χ2n) is 6.00. The highest BCUT2D eigenvalue weighted by atomic mass is 127. The zero-order valence-corrected chi connectivity index (χ0v) is 19.4. The van der Waals surface area contributed by atoms with Gasteiger partial charge in [0, 0.05) is 21.4 Å². The number of hydrogen-bond donors (Lipinski definition) is 4. The Morgan fingerprint density at radius 2 is 1.94 bits per heavy atom. The third-order valence-electron chi connectivity index (χ3n) is 3.83. The molecule has 4 N–H and O–H groups in total. The number of aliphatic hydroxyl groups excluding tert-OH is 1. The summed E-state index contributed by atoms with van der Waals surface area (Å²) < 4.78 is 44.4. The first-order valence-electron chi connectivity index (χ1n) is 8.98. The van der Waals surface area contributed by atoms with E-state index in [1.165, 1.54) is 12.1 Å². The maximum Gasteiger partial charge on any atom is 0.277 e. The normalized spacial score (nSPS) is 10.9. The molecule has 0 fully saturated rings. The zero-order valence-electron chi connectivity index (χ0n) is 16.4. The number of hydroxylamine groups is 2. The lowest BCUT2D eigenvalue weighted by atomic mass is 10.1. The van der Waals surface area contributed by atoms with Crippen molar-refractivity contribution in [2.75, 3.05) is 37.1 Å². The summed E-state index contributed by atoms with van der Waals surface area (Å²) in [6.07, 6.45) is 1.89. The number of halogens is 4. The lowest BCUT2D eigenvalue weighted by Gasteiger charge is -2.17. The number of carbonyl (C=O) groups excluding carboxylic acids is 1. The van der Waals surface area contributed by atoms with Gasteiger partial charge in [0.2, 0.25) is 0 Å². The molecule has 31 heavy (non-hydrogen) atoms. The Balaban J connectivity index is 2.36. The van der Waals surface area contributed by atoms with Crippen molar-refractivity contribution in [3.8, 4) is 0 Å². The number of nitrogens with one attached hydrogen (secondary N) is 3. The SMILES string of the molecule is CSCCONCc1cc(C(=O)NOCCO)c(Nc2ccc(I)cc2F)c(F)c1F. The van der Waals surface area contributed by atoms with Crippen molar-refractivity contribution in [2.24, 2.45) is 0 Å². The summed E-state index contributed by atoms with van der Waals surface area (Å²) in [4.78, 5) is 22.4. The number of aliphatic hydroxyl groups is 1. The first-order chi connectivity index (χ1) is 14.9. The van der Waals surface area contributed by atoms with Crippen LogP contribution in [0, 0.1) is 21.0 Å². The molecule has 0 atom stereocenters. The molecule has 0 aliphatic rings. The Morgan fingerprint density at radius 1 is 1.16 bits per heavy atom. The molecule has 0 unspecified atom stereocenters. The lowest BCUT2D eigenvalue weighted by molar-refractivity contribution is 0.0168. The van der Waals surface area contributed by atoms with Gasteiger partial charge in [0.05, 0.1) is 36.8 Å². The van der Waals surface area contributed by atoms with Gasteiger partial charge >= 0.3 is 0 Å². The molecule has 0 heterocycles. The van der Waals surface area contributed by atoms with Crippen LogP contribution in [0.25, 0.3) is 0 Å². The van der Waals surface area contributed by atoms with Gasteiger partial charge in [-0.05, 0) is 53.1 Å². The van der Waals surface area contributed by atoms with Crippen molar-refractivity contribution in [3.05, 3.63) is 56.4 Å². The topological polar surface area (TPSA) is 91.9 Å². The smallest absolute Gasteiger partial charge is 0.277 e. The van der Waals surface area contributed by atoms with Gasteiger partial charge in [-0.3, -0.25) is 9.63 Å². The molecule has 0 aliphatic carbocycles. The molecule has 0 bridgehead atoms. The molecule has 0 saturated heterocycles. The van der Waals surface area contributed by atoms with Gasteiger partial charge < -0.3 is 15.3 Å². The van der Waals surface area contributed by atoms with Gasteiger partial charge in [-0.15, -0.1) is 0 Å². The summed E-state index contributed by atoms with van der Waals surface area (Å²) in [5.74, 6) is -3.51. The summed E-state index contributed by atoms with van der Waals surface area (Å²) in [5, 5.41) is 11.2. The second kappa shape index (κ2) is 13.1. The van der Waals surface area contributed by atoms with Crippen LogP contribution in [0.15, 0.2) is 24.3 Å². The number of hydrogen-bond acceptors (Lipinski definition) is 7. The third-order valence-corrected chi connectivity index (χ3v) is 5.08. The number of anilines is 2. The standard InChI is InChI=1S/C19H21F3IN3O4S/c1-31-7-6-29-24-10-11-8-13(19(28)26-30-5-4-27)18(17(22)16(11)21)25-15-3-2-12(23)9-14(15)20/h2-3,8-9,24-25,27H,4-7,10H2,1H3,(H,26,28). The van der Waals surface area contributed by atoms with Crippen molar-refractivity contribution < 1.29 is 32.7 Å². The summed E-state index contributed by atoms with van der Waals surface area (Å²) in [6.45, 7) is -0.437. The summed E-state index contributed by atoms with van der Waals surface area (Å²) in [6, 6.07) is 5.21. The molecule has 170 valence electrons. The zero-order chi connectivity index (χ0) is 22.8. The van der Waals surface area contributed by atoms with Crippen molar-refractivity contribution in [3.63, 3.8) is 0 Å². The van der Waals surface area contributed by atoms with E-state index in [-0.39, 0.29) is 36.6 Å². The van der Waals surface area contributed by atoms with E-state index in [9.17, 15) is 18.0 Å². The lowest BCUT2D eigenvalue weighted by Crippen LogP contribution is -2.27. The van der Waals surface area contributed by atoms with E-state index in [0.29, 0.717) is 15.9 Å². The van der Waals surface area contributed by atoms with Crippen LogP contribution < -0.4 is 16.3 Å². The largest absolute Gasteiger partial charge is 0.394 e. The Morgan fingerprint density at radius 3 is 2.61 bits per heavy atom. The molecular formula is C19H21F3IN3O4S. The molecule has 0 aliphatic heterocycles. The first kappa shape index (κ1) is 25.7. The van der Waals surface area contributed by atoms with Crippen molar-refractivity contribution in [2.45, 2.75) is 6.54 Å². The molecule has 2 aromatic rings. The first-order valence-corrected chi connectivity index (χ1v) is 11.5. The van der Waals surface area contributed by atoms with E-state index in [1.807, 2.05) is 34.3 Å². The minimum Gasteiger partial charge on any atom is -0.394 e. The number of benzene rings is 2. The van der Waals surface area contributed by atoms with Gasteiger partial charge in [0.15, 0.2) is 11.6 Å². The van der Waals surface area contributed by atoms with Crippen molar-refractivity contribution in [1.29, 1.82) is 0 Å². The molecule has 2 aromatic carbocycles. The molecule has 12 heteroatoms.